The molecule has 0 saturated heterocycles. The highest BCUT2D eigenvalue weighted by molar-refractivity contribution is 6.03. The van der Waals surface area contributed by atoms with E-state index in [2.05, 4.69) is 5.43 Å². The average Bonchev–Trinajstić information content (AvgIpc) is 2.47. The first kappa shape index (κ1) is 17.0. The molecule has 0 bridgehead atoms. The van der Waals surface area contributed by atoms with E-state index in [1.807, 2.05) is 6.07 Å². The van der Waals surface area contributed by atoms with Crippen molar-refractivity contribution in [2.24, 2.45) is 11.5 Å². The van der Waals surface area contributed by atoms with Crippen LogP contribution in [0, 0.1) is 0 Å². The van der Waals surface area contributed by atoms with Crippen molar-refractivity contribution in [3.8, 4) is 0 Å². The lowest BCUT2D eigenvalue weighted by Gasteiger charge is -2.18. The summed E-state index contributed by atoms with van der Waals surface area (Å²) in [4.78, 5) is 34.7. The first-order valence-electron chi connectivity index (χ1n) is 6.31. The zero-order valence-corrected chi connectivity index (χ0v) is 12.3. The number of urea groups is 1. The third-order valence-electron chi connectivity index (χ3n) is 2.80. The van der Waals surface area contributed by atoms with Crippen LogP contribution < -0.4 is 16.9 Å². The van der Waals surface area contributed by atoms with Crippen LogP contribution in [0.2, 0.25) is 0 Å². The second-order valence-corrected chi connectivity index (χ2v) is 4.38. The molecule has 0 aliphatic rings. The Hall–Kier alpha value is -3.03. The molecule has 0 heterocycles. The van der Waals surface area contributed by atoms with Gasteiger partial charge in [0.05, 0.1) is 12.7 Å². The Balaban J connectivity index is 3.14. The predicted octanol–water partition coefficient (Wildman–Crippen LogP) is -0.343. The highest BCUT2D eigenvalue weighted by atomic mass is 16.5. The molecule has 0 unspecified atom stereocenters. The van der Waals surface area contributed by atoms with Gasteiger partial charge in [0, 0.05) is 13.5 Å². The molecule has 0 radical (unpaired) electrons. The molecule has 8 nitrogen and oxygen atoms in total. The molecule has 8 heteroatoms. The number of carbonyl (C=O) groups is 3. The van der Waals surface area contributed by atoms with Crippen molar-refractivity contribution < 1.29 is 19.1 Å². The SMILES string of the molecule is COC(C(N)=O)=C(Cc1ccccc1)C(=O)NN(C)C(N)=O. The molecule has 118 valence electrons. The lowest BCUT2D eigenvalue weighted by Crippen LogP contribution is -2.47. The molecule has 1 rings (SSSR count). The van der Waals surface area contributed by atoms with Gasteiger partial charge in [-0.25, -0.2) is 9.80 Å². The number of benzene rings is 1. The minimum atomic E-state index is -0.884. The molecule has 5 N–H and O–H groups in total. The molecule has 4 amide bonds. The lowest BCUT2D eigenvalue weighted by molar-refractivity contribution is -0.122. The Morgan fingerprint density at radius 2 is 1.77 bits per heavy atom. The molecule has 0 aromatic heterocycles. The van der Waals surface area contributed by atoms with Crippen molar-refractivity contribution in [2.45, 2.75) is 6.42 Å². The molecular formula is C14H18N4O4. The molecule has 0 aliphatic carbocycles. The highest BCUT2D eigenvalue weighted by Crippen LogP contribution is 2.13. The number of hydrogen-bond acceptors (Lipinski definition) is 4. The number of ether oxygens (including phenoxy) is 1. The number of nitrogens with two attached hydrogens (primary N) is 2. The Morgan fingerprint density at radius 1 is 1.18 bits per heavy atom. The summed E-state index contributed by atoms with van der Waals surface area (Å²) in [5.41, 5.74) is 13.3. The smallest absolute Gasteiger partial charge is 0.333 e. The largest absolute Gasteiger partial charge is 0.491 e. The van der Waals surface area contributed by atoms with Crippen LogP contribution in [0.3, 0.4) is 0 Å². The number of carbonyl (C=O) groups excluding carboxylic acids is 3. The summed E-state index contributed by atoms with van der Waals surface area (Å²) in [7, 11) is 2.51. The monoisotopic (exact) mass is 306 g/mol. The van der Waals surface area contributed by atoms with E-state index < -0.39 is 17.8 Å². The van der Waals surface area contributed by atoms with Crippen LogP contribution in [0.15, 0.2) is 41.7 Å². The molecule has 0 fully saturated rings. The fourth-order valence-electron chi connectivity index (χ4n) is 1.71. The minimum absolute atomic E-state index is 0.00528. The molecule has 0 aliphatic heterocycles. The summed E-state index contributed by atoms with van der Waals surface area (Å²) < 4.78 is 4.92. The van der Waals surface area contributed by atoms with Gasteiger partial charge in [-0.1, -0.05) is 30.3 Å². The zero-order valence-electron chi connectivity index (χ0n) is 12.3. The Morgan fingerprint density at radius 3 is 2.23 bits per heavy atom. The Bertz CT molecular complexity index is 598. The number of nitrogens with zero attached hydrogens (tertiary/aromatic N) is 1. The molecule has 22 heavy (non-hydrogen) atoms. The predicted molar refractivity (Wildman–Crippen MR) is 78.9 cm³/mol. The van der Waals surface area contributed by atoms with E-state index in [-0.39, 0.29) is 17.8 Å². The molecule has 0 atom stereocenters. The fraction of sp³-hybridized carbons (Fsp3) is 0.214. The van der Waals surface area contributed by atoms with Crippen LogP contribution in [0.4, 0.5) is 4.79 Å². The first-order valence-corrected chi connectivity index (χ1v) is 6.31. The van der Waals surface area contributed by atoms with Crippen molar-refractivity contribution in [1.82, 2.24) is 10.4 Å². The van der Waals surface area contributed by atoms with E-state index in [0.717, 1.165) is 10.6 Å². The van der Waals surface area contributed by atoms with Gasteiger partial charge in [-0.05, 0) is 5.56 Å². The van der Waals surface area contributed by atoms with Crippen molar-refractivity contribution >= 4 is 17.8 Å². The number of hydrazine groups is 1. The van der Waals surface area contributed by atoms with Gasteiger partial charge in [-0.2, -0.15) is 0 Å². The summed E-state index contributed by atoms with van der Waals surface area (Å²) in [5.74, 6) is -1.87. The molecule has 0 spiro atoms. The summed E-state index contributed by atoms with van der Waals surface area (Å²) in [6.45, 7) is 0. The van der Waals surface area contributed by atoms with E-state index >= 15 is 0 Å². The van der Waals surface area contributed by atoms with Crippen LogP contribution in [-0.2, 0) is 20.7 Å². The fourth-order valence-corrected chi connectivity index (χ4v) is 1.71. The zero-order chi connectivity index (χ0) is 16.7. The van der Waals surface area contributed by atoms with Crippen LogP contribution in [0.25, 0.3) is 0 Å². The van der Waals surface area contributed by atoms with Crippen molar-refractivity contribution in [2.75, 3.05) is 14.2 Å². The van der Waals surface area contributed by atoms with Gasteiger partial charge in [0.25, 0.3) is 11.8 Å². The van der Waals surface area contributed by atoms with Gasteiger partial charge in [-0.3, -0.25) is 15.0 Å². The van der Waals surface area contributed by atoms with Crippen LogP contribution in [-0.4, -0.2) is 37.0 Å². The molecule has 1 aromatic carbocycles. The maximum absolute atomic E-state index is 12.3. The van der Waals surface area contributed by atoms with Crippen LogP contribution in [0.1, 0.15) is 5.56 Å². The third-order valence-corrected chi connectivity index (χ3v) is 2.80. The van der Waals surface area contributed by atoms with Crippen molar-refractivity contribution in [3.05, 3.63) is 47.2 Å². The standard InChI is InChI=1S/C14H18N4O4/c1-18(14(16)21)17-13(20)10(11(22-2)12(15)19)8-9-6-4-3-5-7-9/h3-7H,8H2,1-2H3,(H2,15,19)(H2,16,21)(H,17,20). The van der Waals surface area contributed by atoms with Gasteiger partial charge in [0.15, 0.2) is 5.76 Å². The first-order chi connectivity index (χ1) is 10.4. The van der Waals surface area contributed by atoms with Crippen LogP contribution in [0.5, 0.6) is 0 Å². The van der Waals surface area contributed by atoms with E-state index in [0.29, 0.717) is 0 Å². The second kappa shape index (κ2) is 7.67. The average molecular weight is 306 g/mol. The number of rotatable bonds is 5. The van der Waals surface area contributed by atoms with Crippen molar-refractivity contribution in [3.63, 3.8) is 0 Å². The van der Waals surface area contributed by atoms with E-state index in [9.17, 15) is 14.4 Å². The normalized spacial score (nSPS) is 11.2. The van der Waals surface area contributed by atoms with E-state index in [4.69, 9.17) is 16.2 Å². The van der Waals surface area contributed by atoms with Gasteiger partial charge in [-0.15, -0.1) is 0 Å². The summed E-state index contributed by atoms with van der Waals surface area (Å²) >= 11 is 0. The van der Waals surface area contributed by atoms with Gasteiger partial charge >= 0.3 is 6.03 Å². The van der Waals surface area contributed by atoms with Gasteiger partial charge in [0.1, 0.15) is 0 Å². The van der Waals surface area contributed by atoms with E-state index in [1.165, 1.54) is 14.2 Å². The quantitative estimate of drug-likeness (QED) is 0.390. The lowest BCUT2D eigenvalue weighted by atomic mass is 10.0. The number of methoxy groups -OCH3 is 1. The minimum Gasteiger partial charge on any atom is -0.491 e. The summed E-state index contributed by atoms with van der Waals surface area (Å²) in [5, 5.41) is 0.793. The summed E-state index contributed by atoms with van der Waals surface area (Å²) in [6.07, 6.45) is 0.103. The number of amides is 4. The maximum atomic E-state index is 12.3. The second-order valence-electron chi connectivity index (χ2n) is 4.38. The number of primary amides is 2. The number of nitrogens with one attached hydrogen (secondary N) is 1. The topological polar surface area (TPSA) is 128 Å². The summed E-state index contributed by atoms with van der Waals surface area (Å²) in [6, 6.07) is 8.09. The molecule has 0 saturated carbocycles. The Labute approximate surface area is 127 Å². The van der Waals surface area contributed by atoms with Gasteiger partial charge in [0.2, 0.25) is 0 Å². The highest BCUT2D eigenvalue weighted by Gasteiger charge is 2.22. The van der Waals surface area contributed by atoms with E-state index in [1.54, 1.807) is 24.3 Å². The maximum Gasteiger partial charge on any atom is 0.333 e. The Kier molecular flexibility index (Phi) is 5.94. The molecular weight excluding hydrogens is 288 g/mol. The van der Waals surface area contributed by atoms with Crippen LogP contribution >= 0.6 is 0 Å². The van der Waals surface area contributed by atoms with Gasteiger partial charge < -0.3 is 16.2 Å². The van der Waals surface area contributed by atoms with Crippen molar-refractivity contribution in [1.29, 1.82) is 0 Å². The number of hydrogen-bond donors (Lipinski definition) is 3. The molecule has 1 aromatic rings. The third kappa shape index (κ3) is 4.51.